The lowest BCUT2D eigenvalue weighted by atomic mass is 10.0. The van der Waals surface area contributed by atoms with Gasteiger partial charge in [0.1, 0.15) is 11.4 Å². The summed E-state index contributed by atoms with van der Waals surface area (Å²) in [7, 11) is 0. The van der Waals surface area contributed by atoms with E-state index < -0.39 is 5.54 Å². The first-order valence-corrected chi connectivity index (χ1v) is 7.86. The molecule has 2 rings (SSSR count). The highest BCUT2D eigenvalue weighted by atomic mass is 32.2. The van der Waals surface area contributed by atoms with Crippen LogP contribution in [0.2, 0.25) is 0 Å². The molecule has 0 radical (unpaired) electrons. The summed E-state index contributed by atoms with van der Waals surface area (Å²) >= 11 is 1.73. The van der Waals surface area contributed by atoms with Gasteiger partial charge >= 0.3 is 0 Å². The van der Waals surface area contributed by atoms with E-state index >= 15 is 0 Å². The summed E-state index contributed by atoms with van der Waals surface area (Å²) in [5.41, 5.74) is 5.10. The van der Waals surface area contributed by atoms with Gasteiger partial charge in [0, 0.05) is 18.7 Å². The lowest BCUT2D eigenvalue weighted by Crippen LogP contribution is -2.33. The van der Waals surface area contributed by atoms with Crippen molar-refractivity contribution in [3.63, 3.8) is 0 Å². The number of hydrogen-bond donors (Lipinski definition) is 1. The number of fused-ring (bicyclic) bond motifs is 1. The van der Waals surface area contributed by atoms with Crippen molar-refractivity contribution in [1.29, 1.82) is 5.26 Å². The summed E-state index contributed by atoms with van der Waals surface area (Å²) < 4.78 is 2.25. The van der Waals surface area contributed by atoms with Crippen LogP contribution in [0.15, 0.2) is 5.16 Å². The molecular weight excluding hydrogens is 258 g/mol. The van der Waals surface area contributed by atoms with Gasteiger partial charge in [-0.3, -0.25) is 0 Å². The summed E-state index contributed by atoms with van der Waals surface area (Å²) in [6.45, 7) is 2.82. The SMILES string of the molecule is CC(N)(C#N)CCCSc1nnc2n1CCCCC2. The molecule has 1 aliphatic rings. The van der Waals surface area contributed by atoms with Crippen LogP contribution in [0.4, 0.5) is 0 Å². The van der Waals surface area contributed by atoms with Gasteiger partial charge in [0.25, 0.3) is 0 Å². The monoisotopic (exact) mass is 279 g/mol. The third-order valence-corrected chi connectivity index (χ3v) is 4.46. The second-order valence-electron chi connectivity index (χ2n) is 5.34. The Morgan fingerprint density at radius 2 is 2.26 bits per heavy atom. The number of aromatic nitrogens is 3. The zero-order valence-corrected chi connectivity index (χ0v) is 12.2. The minimum Gasteiger partial charge on any atom is -0.314 e. The predicted molar refractivity (Wildman–Crippen MR) is 75.7 cm³/mol. The largest absolute Gasteiger partial charge is 0.314 e. The fraction of sp³-hybridized carbons (Fsp3) is 0.769. The number of nitriles is 1. The van der Waals surface area contributed by atoms with Crippen molar-refractivity contribution in [1.82, 2.24) is 14.8 Å². The Morgan fingerprint density at radius 3 is 3.05 bits per heavy atom. The van der Waals surface area contributed by atoms with E-state index in [0.29, 0.717) is 0 Å². The molecule has 6 heteroatoms. The topological polar surface area (TPSA) is 80.5 Å². The normalized spacial score (nSPS) is 18.2. The number of rotatable bonds is 5. The predicted octanol–water partition coefficient (Wildman–Crippen LogP) is 2.12. The van der Waals surface area contributed by atoms with Gasteiger partial charge in [-0.15, -0.1) is 10.2 Å². The minimum atomic E-state index is -0.706. The average Bonchev–Trinajstić information content (AvgIpc) is 2.62. The maximum absolute atomic E-state index is 8.86. The highest BCUT2D eigenvalue weighted by Crippen LogP contribution is 2.23. The third-order valence-electron chi connectivity index (χ3n) is 3.40. The van der Waals surface area contributed by atoms with Gasteiger partial charge in [-0.25, -0.2) is 0 Å². The first kappa shape index (κ1) is 14.4. The molecule has 0 bridgehead atoms. The Balaban J connectivity index is 1.84. The van der Waals surface area contributed by atoms with E-state index in [1.54, 1.807) is 18.7 Å². The maximum Gasteiger partial charge on any atom is 0.191 e. The van der Waals surface area contributed by atoms with Gasteiger partial charge in [-0.1, -0.05) is 18.2 Å². The van der Waals surface area contributed by atoms with Crippen LogP contribution in [-0.4, -0.2) is 26.1 Å². The van der Waals surface area contributed by atoms with Crippen LogP contribution in [0.3, 0.4) is 0 Å². The summed E-state index contributed by atoms with van der Waals surface area (Å²) in [6, 6.07) is 2.13. The molecule has 1 aromatic rings. The van der Waals surface area contributed by atoms with Gasteiger partial charge in [-0.2, -0.15) is 5.26 Å². The molecule has 0 amide bonds. The highest BCUT2D eigenvalue weighted by molar-refractivity contribution is 7.99. The van der Waals surface area contributed by atoms with Gasteiger partial charge in [0.15, 0.2) is 5.16 Å². The number of thioether (sulfide) groups is 1. The Kier molecular flexibility index (Phi) is 4.83. The van der Waals surface area contributed by atoms with Crippen LogP contribution in [-0.2, 0) is 13.0 Å². The number of nitrogens with zero attached hydrogens (tertiary/aromatic N) is 4. The zero-order valence-electron chi connectivity index (χ0n) is 11.4. The zero-order chi connectivity index (χ0) is 13.7. The second kappa shape index (κ2) is 6.40. The summed E-state index contributed by atoms with van der Waals surface area (Å²) in [4.78, 5) is 0. The first-order valence-electron chi connectivity index (χ1n) is 6.87. The molecule has 1 unspecified atom stereocenters. The van der Waals surface area contributed by atoms with Crippen molar-refractivity contribution in [3.8, 4) is 6.07 Å². The Bertz CT molecular complexity index is 460. The summed E-state index contributed by atoms with van der Waals surface area (Å²) in [5, 5.41) is 18.4. The molecule has 1 aromatic heterocycles. The smallest absolute Gasteiger partial charge is 0.191 e. The van der Waals surface area contributed by atoms with E-state index in [1.165, 1.54) is 19.3 Å². The molecule has 2 heterocycles. The first-order chi connectivity index (χ1) is 9.12. The van der Waals surface area contributed by atoms with Crippen LogP contribution in [0.1, 0.15) is 44.9 Å². The van der Waals surface area contributed by atoms with E-state index in [0.717, 1.165) is 42.5 Å². The Hall–Kier alpha value is -1.06. The fourth-order valence-electron chi connectivity index (χ4n) is 2.22. The molecule has 0 saturated carbocycles. The molecule has 104 valence electrons. The van der Waals surface area contributed by atoms with Crippen molar-refractivity contribution in [2.75, 3.05) is 5.75 Å². The molecule has 19 heavy (non-hydrogen) atoms. The van der Waals surface area contributed by atoms with Gasteiger partial charge in [-0.05, 0) is 32.6 Å². The van der Waals surface area contributed by atoms with Crippen molar-refractivity contribution >= 4 is 11.8 Å². The van der Waals surface area contributed by atoms with Crippen molar-refractivity contribution in [2.24, 2.45) is 5.73 Å². The number of aryl methyl sites for hydroxylation is 1. The van der Waals surface area contributed by atoms with E-state index in [-0.39, 0.29) is 0 Å². The molecule has 1 aliphatic heterocycles. The van der Waals surface area contributed by atoms with Crippen LogP contribution < -0.4 is 5.73 Å². The van der Waals surface area contributed by atoms with Crippen LogP contribution >= 0.6 is 11.8 Å². The molecule has 5 nitrogen and oxygen atoms in total. The molecule has 2 N–H and O–H groups in total. The highest BCUT2D eigenvalue weighted by Gasteiger charge is 2.18. The van der Waals surface area contributed by atoms with Crippen LogP contribution in [0, 0.1) is 11.3 Å². The fourth-order valence-corrected chi connectivity index (χ4v) is 3.15. The Morgan fingerprint density at radius 1 is 1.42 bits per heavy atom. The molecular formula is C13H21N5S. The van der Waals surface area contributed by atoms with Crippen LogP contribution in [0.25, 0.3) is 0 Å². The van der Waals surface area contributed by atoms with Gasteiger partial charge < -0.3 is 10.3 Å². The molecule has 1 atom stereocenters. The van der Waals surface area contributed by atoms with Crippen molar-refractivity contribution in [3.05, 3.63) is 5.82 Å². The minimum absolute atomic E-state index is 0.706. The second-order valence-corrected chi connectivity index (χ2v) is 6.40. The van der Waals surface area contributed by atoms with Gasteiger partial charge in [0.2, 0.25) is 0 Å². The van der Waals surface area contributed by atoms with E-state index in [1.807, 2.05) is 0 Å². The molecule has 0 saturated heterocycles. The standard InChI is InChI=1S/C13H21N5S/c1-13(15,10-14)7-5-9-19-12-17-16-11-6-3-2-4-8-18(11)12/h2-9,15H2,1H3. The van der Waals surface area contributed by atoms with E-state index in [4.69, 9.17) is 11.0 Å². The summed E-state index contributed by atoms with van der Waals surface area (Å²) in [6.07, 6.45) is 6.40. The molecule has 0 aromatic carbocycles. The summed E-state index contributed by atoms with van der Waals surface area (Å²) in [5.74, 6) is 2.06. The number of nitrogens with two attached hydrogens (primary N) is 1. The lowest BCUT2D eigenvalue weighted by molar-refractivity contribution is 0.539. The average molecular weight is 279 g/mol. The van der Waals surface area contributed by atoms with E-state index in [9.17, 15) is 0 Å². The molecule has 0 fully saturated rings. The maximum atomic E-state index is 8.86. The molecule has 0 spiro atoms. The number of hydrogen-bond acceptors (Lipinski definition) is 5. The lowest BCUT2D eigenvalue weighted by Gasteiger charge is -2.14. The van der Waals surface area contributed by atoms with Crippen molar-refractivity contribution < 1.29 is 0 Å². The quantitative estimate of drug-likeness (QED) is 0.659. The van der Waals surface area contributed by atoms with Crippen LogP contribution in [0.5, 0.6) is 0 Å². The van der Waals surface area contributed by atoms with Crippen molar-refractivity contribution in [2.45, 2.75) is 62.7 Å². The van der Waals surface area contributed by atoms with Gasteiger partial charge in [0.05, 0.1) is 6.07 Å². The molecule has 0 aliphatic carbocycles. The third kappa shape index (κ3) is 3.95. The van der Waals surface area contributed by atoms with E-state index in [2.05, 4.69) is 20.8 Å². The Labute approximate surface area is 118 Å².